The van der Waals surface area contributed by atoms with E-state index in [1.807, 2.05) is 6.92 Å². The molecule has 2 aromatic carbocycles. The van der Waals surface area contributed by atoms with Crippen LogP contribution in [-0.2, 0) is 21.4 Å². The summed E-state index contributed by atoms with van der Waals surface area (Å²) in [6.45, 7) is 1.94. The van der Waals surface area contributed by atoms with Crippen molar-refractivity contribution < 1.29 is 27.6 Å². The number of nitro benzene ring substituents is 1. The van der Waals surface area contributed by atoms with Gasteiger partial charge in [0.1, 0.15) is 17.3 Å². The zero-order valence-electron chi connectivity index (χ0n) is 17.3. The van der Waals surface area contributed by atoms with Crippen molar-refractivity contribution in [3.63, 3.8) is 0 Å². The van der Waals surface area contributed by atoms with Crippen LogP contribution in [0.5, 0.6) is 5.75 Å². The molecule has 0 radical (unpaired) electrons. The maximum Gasteiger partial charge on any atom is 0.338 e. The first-order chi connectivity index (χ1) is 14.8. The monoisotopic (exact) mass is 448 g/mol. The minimum absolute atomic E-state index is 0.0163. The second-order valence-corrected chi connectivity index (χ2v) is 9.15. The van der Waals surface area contributed by atoms with Crippen molar-refractivity contribution in [2.45, 2.75) is 43.7 Å². The molecule has 1 aliphatic heterocycles. The first-order valence-corrected chi connectivity index (χ1v) is 11.3. The number of para-hydroxylation sites is 1. The minimum Gasteiger partial charge on any atom is -0.495 e. The van der Waals surface area contributed by atoms with Gasteiger partial charge >= 0.3 is 5.97 Å². The molecule has 1 atom stereocenters. The standard InChI is InChI=1S/C21H24N2O7S/c1-15-7-5-6-12-22(15)31(27,28)20-13-16(10-11-19(20)29-2)21(24)30-14-17-8-3-4-9-18(17)23(25)26/h3-4,8-11,13,15H,5-7,12,14H2,1-2H3. The van der Waals surface area contributed by atoms with Crippen molar-refractivity contribution >= 4 is 21.7 Å². The van der Waals surface area contributed by atoms with Crippen molar-refractivity contribution in [2.24, 2.45) is 0 Å². The van der Waals surface area contributed by atoms with Crippen LogP contribution < -0.4 is 4.74 Å². The lowest BCUT2D eigenvalue weighted by atomic mass is 10.1. The summed E-state index contributed by atoms with van der Waals surface area (Å²) in [5, 5.41) is 11.1. The number of methoxy groups -OCH3 is 1. The van der Waals surface area contributed by atoms with E-state index in [0.29, 0.717) is 6.54 Å². The third kappa shape index (κ3) is 4.86. The molecule has 0 aliphatic carbocycles. The van der Waals surface area contributed by atoms with Gasteiger partial charge in [-0.05, 0) is 44.0 Å². The number of hydrogen-bond donors (Lipinski definition) is 0. The zero-order chi connectivity index (χ0) is 22.6. The Morgan fingerprint density at radius 2 is 1.97 bits per heavy atom. The summed E-state index contributed by atoms with van der Waals surface area (Å²) in [7, 11) is -2.52. The highest BCUT2D eigenvalue weighted by molar-refractivity contribution is 7.89. The van der Waals surface area contributed by atoms with Crippen LogP contribution in [0.15, 0.2) is 47.4 Å². The molecule has 0 aromatic heterocycles. The molecule has 0 N–H and O–H groups in total. The lowest BCUT2D eigenvalue weighted by Gasteiger charge is -2.32. The van der Waals surface area contributed by atoms with E-state index in [2.05, 4.69) is 0 Å². The maximum absolute atomic E-state index is 13.3. The van der Waals surface area contributed by atoms with Crippen LogP contribution in [0.25, 0.3) is 0 Å². The quantitative estimate of drug-likeness (QED) is 0.361. The van der Waals surface area contributed by atoms with Crippen LogP contribution in [0, 0.1) is 10.1 Å². The summed E-state index contributed by atoms with van der Waals surface area (Å²) < 4.78 is 38.4. The Kier molecular flexibility index (Phi) is 6.91. The fourth-order valence-corrected chi connectivity index (χ4v) is 5.48. The molecule has 0 saturated carbocycles. The number of ether oxygens (including phenoxy) is 2. The number of nitro groups is 1. The van der Waals surface area contributed by atoms with E-state index >= 15 is 0 Å². The molecule has 0 amide bonds. The molecule has 1 saturated heterocycles. The highest BCUT2D eigenvalue weighted by Crippen LogP contribution is 2.32. The Hall–Kier alpha value is -2.98. The van der Waals surface area contributed by atoms with Crippen LogP contribution in [-0.4, -0.2) is 43.3 Å². The van der Waals surface area contributed by atoms with Crippen LogP contribution in [0.3, 0.4) is 0 Å². The van der Waals surface area contributed by atoms with Crippen molar-refractivity contribution in [3.05, 3.63) is 63.7 Å². The molecule has 31 heavy (non-hydrogen) atoms. The van der Waals surface area contributed by atoms with E-state index < -0.39 is 20.9 Å². The van der Waals surface area contributed by atoms with Gasteiger partial charge in [0.15, 0.2) is 0 Å². The minimum atomic E-state index is -3.88. The average Bonchev–Trinajstić information content (AvgIpc) is 2.77. The van der Waals surface area contributed by atoms with E-state index in [9.17, 15) is 23.3 Å². The van der Waals surface area contributed by atoms with Crippen LogP contribution in [0.2, 0.25) is 0 Å². The molecule has 10 heteroatoms. The van der Waals surface area contributed by atoms with Gasteiger partial charge in [-0.15, -0.1) is 0 Å². The number of benzene rings is 2. The summed E-state index contributed by atoms with van der Waals surface area (Å²) in [6, 6.07) is 9.82. The number of nitrogens with zero attached hydrogens (tertiary/aromatic N) is 2. The van der Waals surface area contributed by atoms with Crippen molar-refractivity contribution in [2.75, 3.05) is 13.7 Å². The van der Waals surface area contributed by atoms with Gasteiger partial charge < -0.3 is 9.47 Å². The van der Waals surface area contributed by atoms with Gasteiger partial charge in [0, 0.05) is 18.7 Å². The lowest BCUT2D eigenvalue weighted by molar-refractivity contribution is -0.385. The van der Waals surface area contributed by atoms with E-state index in [1.165, 1.54) is 47.8 Å². The number of sulfonamides is 1. The summed E-state index contributed by atoms with van der Waals surface area (Å²) in [6.07, 6.45) is 2.49. The lowest BCUT2D eigenvalue weighted by Crippen LogP contribution is -2.42. The van der Waals surface area contributed by atoms with Gasteiger partial charge in [-0.25, -0.2) is 13.2 Å². The Balaban J connectivity index is 1.86. The topological polar surface area (TPSA) is 116 Å². The van der Waals surface area contributed by atoms with Gasteiger partial charge in [-0.1, -0.05) is 18.6 Å². The molecule has 1 heterocycles. The van der Waals surface area contributed by atoms with Crippen LogP contribution in [0.4, 0.5) is 5.69 Å². The van der Waals surface area contributed by atoms with E-state index in [1.54, 1.807) is 6.07 Å². The number of piperidine rings is 1. The molecule has 9 nitrogen and oxygen atoms in total. The Labute approximate surface area is 180 Å². The number of esters is 1. The largest absolute Gasteiger partial charge is 0.495 e. The van der Waals surface area contributed by atoms with Crippen LogP contribution in [0.1, 0.15) is 42.1 Å². The number of carbonyl (C=O) groups excluding carboxylic acids is 1. The van der Waals surface area contributed by atoms with Gasteiger partial charge in [0.25, 0.3) is 5.69 Å². The highest BCUT2D eigenvalue weighted by Gasteiger charge is 2.33. The predicted octanol–water partition coefficient (Wildman–Crippen LogP) is 3.52. The Morgan fingerprint density at radius 3 is 2.65 bits per heavy atom. The van der Waals surface area contributed by atoms with Gasteiger partial charge in [-0.2, -0.15) is 4.31 Å². The van der Waals surface area contributed by atoms with E-state index in [0.717, 1.165) is 19.3 Å². The highest BCUT2D eigenvalue weighted by atomic mass is 32.2. The van der Waals surface area contributed by atoms with Crippen LogP contribution >= 0.6 is 0 Å². The molecule has 1 fully saturated rings. The maximum atomic E-state index is 13.3. The number of rotatable bonds is 7. The first-order valence-electron chi connectivity index (χ1n) is 9.85. The summed E-state index contributed by atoms with van der Waals surface area (Å²) >= 11 is 0. The molecule has 1 aliphatic rings. The summed E-state index contributed by atoms with van der Waals surface area (Å²) in [4.78, 5) is 23.0. The smallest absolute Gasteiger partial charge is 0.338 e. The molecule has 0 spiro atoms. The third-order valence-corrected chi connectivity index (χ3v) is 7.31. The van der Waals surface area contributed by atoms with Gasteiger partial charge in [0.2, 0.25) is 10.0 Å². The fraction of sp³-hybridized carbons (Fsp3) is 0.381. The van der Waals surface area contributed by atoms with E-state index in [4.69, 9.17) is 9.47 Å². The fourth-order valence-electron chi connectivity index (χ4n) is 3.60. The van der Waals surface area contributed by atoms with Crippen molar-refractivity contribution in [1.82, 2.24) is 4.31 Å². The summed E-state index contributed by atoms with van der Waals surface area (Å²) in [5.74, 6) is -0.656. The number of hydrogen-bond acceptors (Lipinski definition) is 7. The molecule has 2 aromatic rings. The Morgan fingerprint density at radius 1 is 1.23 bits per heavy atom. The normalized spacial score (nSPS) is 17.2. The zero-order valence-corrected chi connectivity index (χ0v) is 18.1. The molecular weight excluding hydrogens is 424 g/mol. The van der Waals surface area contributed by atoms with Crippen molar-refractivity contribution in [3.8, 4) is 5.75 Å². The third-order valence-electron chi connectivity index (χ3n) is 5.28. The Bertz CT molecular complexity index is 1080. The predicted molar refractivity (Wildman–Crippen MR) is 112 cm³/mol. The molecule has 166 valence electrons. The average molecular weight is 448 g/mol. The molecular formula is C21H24N2O7S. The second-order valence-electron chi connectivity index (χ2n) is 7.29. The molecule has 3 rings (SSSR count). The van der Waals surface area contributed by atoms with Gasteiger partial charge in [-0.3, -0.25) is 10.1 Å². The molecule has 1 unspecified atom stereocenters. The summed E-state index contributed by atoms with van der Waals surface area (Å²) in [5.41, 5.74) is 0.0966. The SMILES string of the molecule is COc1ccc(C(=O)OCc2ccccc2[N+](=O)[O-])cc1S(=O)(=O)N1CCCCC1C. The second kappa shape index (κ2) is 9.44. The van der Waals surface area contributed by atoms with Crippen molar-refractivity contribution in [1.29, 1.82) is 0 Å². The van der Waals surface area contributed by atoms with Gasteiger partial charge in [0.05, 0.1) is 23.2 Å². The molecule has 0 bridgehead atoms. The first kappa shape index (κ1) is 22.7. The van der Waals surface area contributed by atoms with E-state index in [-0.39, 0.29) is 40.1 Å². The number of carbonyl (C=O) groups is 1.